The zero-order valence-electron chi connectivity index (χ0n) is 11.6. The molecule has 0 aromatic carbocycles. The molecule has 1 heterocycles. The fourth-order valence-electron chi connectivity index (χ4n) is 1.84. The molecule has 4 N–H and O–H groups in total. The molecule has 0 spiro atoms. The van der Waals surface area contributed by atoms with Crippen LogP contribution in [0.25, 0.3) is 0 Å². The number of nitrogens with zero attached hydrogens (tertiary/aromatic N) is 1. The third-order valence-corrected chi connectivity index (χ3v) is 3.77. The van der Waals surface area contributed by atoms with Gasteiger partial charge in [0, 0.05) is 36.2 Å². The van der Waals surface area contributed by atoms with Gasteiger partial charge in [-0.3, -0.25) is 4.98 Å². The third-order valence-electron chi connectivity index (χ3n) is 2.86. The van der Waals surface area contributed by atoms with Crippen LogP contribution in [0.1, 0.15) is 23.7 Å². The monoisotopic (exact) mass is 286 g/mol. The van der Waals surface area contributed by atoms with Crippen molar-refractivity contribution in [3.05, 3.63) is 23.0 Å². The van der Waals surface area contributed by atoms with Crippen LogP contribution in [0.4, 0.5) is 0 Å². The second kappa shape index (κ2) is 7.09. The lowest BCUT2D eigenvalue weighted by Gasteiger charge is -2.23. The van der Waals surface area contributed by atoms with E-state index >= 15 is 0 Å². The lowest BCUT2D eigenvalue weighted by molar-refractivity contribution is 0.0844. The standard InChI is InChI=1S/C13H22N2O3S/c1-9-12(17)11(10(6-16)4-15-9)5-14-7-13(2,18)8-19-3/h4,14,16-18H,5-8H2,1-3H3. The van der Waals surface area contributed by atoms with Crippen molar-refractivity contribution in [3.63, 3.8) is 0 Å². The van der Waals surface area contributed by atoms with E-state index in [1.54, 1.807) is 31.8 Å². The zero-order chi connectivity index (χ0) is 14.5. The first-order valence-electron chi connectivity index (χ1n) is 6.10. The summed E-state index contributed by atoms with van der Waals surface area (Å²) in [6, 6.07) is 0. The summed E-state index contributed by atoms with van der Waals surface area (Å²) in [6.45, 7) is 4.11. The molecule has 1 aromatic heterocycles. The first-order valence-corrected chi connectivity index (χ1v) is 7.50. The van der Waals surface area contributed by atoms with E-state index in [9.17, 15) is 15.3 Å². The van der Waals surface area contributed by atoms with Crippen molar-refractivity contribution in [2.24, 2.45) is 0 Å². The fraction of sp³-hybridized carbons (Fsp3) is 0.615. The van der Waals surface area contributed by atoms with E-state index in [4.69, 9.17) is 0 Å². The lowest BCUT2D eigenvalue weighted by Crippen LogP contribution is -2.39. The summed E-state index contributed by atoms with van der Waals surface area (Å²) in [4.78, 5) is 4.01. The maximum absolute atomic E-state index is 10.0. The summed E-state index contributed by atoms with van der Waals surface area (Å²) in [5.41, 5.74) is 0.969. The molecule has 0 aliphatic carbocycles. The van der Waals surface area contributed by atoms with E-state index in [-0.39, 0.29) is 12.4 Å². The van der Waals surface area contributed by atoms with E-state index in [0.29, 0.717) is 35.7 Å². The summed E-state index contributed by atoms with van der Waals surface area (Å²) < 4.78 is 0. The summed E-state index contributed by atoms with van der Waals surface area (Å²) in [6.07, 6.45) is 3.50. The quantitative estimate of drug-likeness (QED) is 0.593. The summed E-state index contributed by atoms with van der Waals surface area (Å²) in [7, 11) is 0. The van der Waals surface area contributed by atoms with Crippen LogP contribution < -0.4 is 5.32 Å². The number of pyridine rings is 1. The van der Waals surface area contributed by atoms with Gasteiger partial charge in [-0.2, -0.15) is 11.8 Å². The molecule has 0 amide bonds. The zero-order valence-corrected chi connectivity index (χ0v) is 12.4. The number of aromatic nitrogens is 1. The van der Waals surface area contributed by atoms with Gasteiger partial charge in [0.2, 0.25) is 0 Å². The number of nitrogens with one attached hydrogen (secondary N) is 1. The molecule has 1 atom stereocenters. The highest BCUT2D eigenvalue weighted by Gasteiger charge is 2.19. The Morgan fingerprint density at radius 2 is 2.16 bits per heavy atom. The van der Waals surface area contributed by atoms with Crippen LogP contribution in [0.2, 0.25) is 0 Å². The van der Waals surface area contributed by atoms with Gasteiger partial charge in [-0.05, 0) is 20.1 Å². The first-order chi connectivity index (χ1) is 8.91. The smallest absolute Gasteiger partial charge is 0.141 e. The SMILES string of the molecule is CSCC(C)(O)CNCc1c(CO)cnc(C)c1O. The van der Waals surface area contributed by atoms with Crippen molar-refractivity contribution in [2.75, 3.05) is 18.6 Å². The van der Waals surface area contributed by atoms with Crippen molar-refractivity contribution in [3.8, 4) is 5.75 Å². The van der Waals surface area contributed by atoms with Crippen LogP contribution in [0.15, 0.2) is 6.20 Å². The molecule has 1 aromatic rings. The largest absolute Gasteiger partial charge is 0.506 e. The Morgan fingerprint density at radius 1 is 1.47 bits per heavy atom. The first kappa shape index (κ1) is 16.2. The Morgan fingerprint density at radius 3 is 2.74 bits per heavy atom. The molecule has 0 fully saturated rings. The van der Waals surface area contributed by atoms with Gasteiger partial charge in [-0.25, -0.2) is 0 Å². The van der Waals surface area contributed by atoms with Gasteiger partial charge < -0.3 is 20.6 Å². The van der Waals surface area contributed by atoms with Gasteiger partial charge >= 0.3 is 0 Å². The van der Waals surface area contributed by atoms with Gasteiger partial charge in [-0.15, -0.1) is 0 Å². The number of hydrogen-bond donors (Lipinski definition) is 4. The summed E-state index contributed by atoms with van der Waals surface area (Å²) >= 11 is 1.58. The number of hydrogen-bond acceptors (Lipinski definition) is 6. The predicted octanol–water partition coefficient (Wildman–Crippen LogP) is 0.792. The van der Waals surface area contributed by atoms with Crippen molar-refractivity contribution >= 4 is 11.8 Å². The van der Waals surface area contributed by atoms with Crippen molar-refractivity contribution in [1.82, 2.24) is 10.3 Å². The highest BCUT2D eigenvalue weighted by molar-refractivity contribution is 7.98. The molecule has 0 bridgehead atoms. The second-order valence-corrected chi connectivity index (χ2v) is 5.75. The number of aromatic hydroxyl groups is 1. The minimum Gasteiger partial charge on any atom is -0.506 e. The molecule has 19 heavy (non-hydrogen) atoms. The van der Waals surface area contributed by atoms with Crippen LogP contribution >= 0.6 is 11.8 Å². The molecule has 5 nitrogen and oxygen atoms in total. The van der Waals surface area contributed by atoms with Crippen molar-refractivity contribution < 1.29 is 15.3 Å². The molecular weight excluding hydrogens is 264 g/mol. The van der Waals surface area contributed by atoms with Crippen LogP contribution in [-0.4, -0.2) is 44.5 Å². The maximum atomic E-state index is 10.0. The Hall–Kier alpha value is -0.820. The molecule has 0 aliphatic heterocycles. The Bertz CT molecular complexity index is 425. The number of thioether (sulfide) groups is 1. The molecule has 6 heteroatoms. The van der Waals surface area contributed by atoms with Gasteiger partial charge in [0.15, 0.2) is 0 Å². The van der Waals surface area contributed by atoms with E-state index < -0.39 is 5.60 Å². The Balaban J connectivity index is 2.70. The van der Waals surface area contributed by atoms with Crippen molar-refractivity contribution in [2.45, 2.75) is 32.6 Å². The van der Waals surface area contributed by atoms with Crippen LogP contribution in [0.3, 0.4) is 0 Å². The normalized spacial score (nSPS) is 14.4. The van der Waals surface area contributed by atoms with E-state index in [0.717, 1.165) is 0 Å². The second-order valence-electron chi connectivity index (χ2n) is 4.89. The summed E-state index contributed by atoms with van der Waals surface area (Å²) in [5, 5.41) is 32.4. The maximum Gasteiger partial charge on any atom is 0.141 e. The highest BCUT2D eigenvalue weighted by atomic mass is 32.2. The number of aliphatic hydroxyl groups is 2. The average Bonchev–Trinajstić information content (AvgIpc) is 2.34. The van der Waals surface area contributed by atoms with Crippen LogP contribution in [-0.2, 0) is 13.2 Å². The Kier molecular flexibility index (Phi) is 6.06. The molecule has 0 radical (unpaired) electrons. The average molecular weight is 286 g/mol. The fourth-order valence-corrected chi connectivity index (χ4v) is 2.56. The Labute approximate surface area is 118 Å². The van der Waals surface area contributed by atoms with Gasteiger partial charge in [0.05, 0.1) is 17.9 Å². The molecule has 0 saturated carbocycles. The highest BCUT2D eigenvalue weighted by Crippen LogP contribution is 2.23. The van der Waals surface area contributed by atoms with Gasteiger partial charge in [-0.1, -0.05) is 0 Å². The molecule has 1 rings (SSSR count). The van der Waals surface area contributed by atoms with E-state index in [2.05, 4.69) is 10.3 Å². The lowest BCUT2D eigenvalue weighted by atomic mass is 10.1. The number of rotatable bonds is 7. The molecule has 1 unspecified atom stereocenters. The number of aliphatic hydroxyl groups excluding tert-OH is 1. The van der Waals surface area contributed by atoms with Crippen molar-refractivity contribution in [1.29, 1.82) is 0 Å². The third kappa shape index (κ3) is 4.65. The van der Waals surface area contributed by atoms with E-state index in [1.807, 2.05) is 6.26 Å². The predicted molar refractivity (Wildman–Crippen MR) is 77.3 cm³/mol. The minimum atomic E-state index is -0.795. The van der Waals surface area contributed by atoms with Crippen LogP contribution in [0, 0.1) is 6.92 Å². The molecule has 108 valence electrons. The molecular formula is C13H22N2O3S. The van der Waals surface area contributed by atoms with Gasteiger partial charge in [0.25, 0.3) is 0 Å². The molecule has 0 saturated heterocycles. The van der Waals surface area contributed by atoms with E-state index in [1.165, 1.54) is 0 Å². The molecule has 0 aliphatic rings. The van der Waals surface area contributed by atoms with Crippen LogP contribution in [0.5, 0.6) is 5.75 Å². The topological polar surface area (TPSA) is 85.6 Å². The minimum absolute atomic E-state index is 0.101. The number of aryl methyl sites for hydroxylation is 1. The summed E-state index contributed by atoms with van der Waals surface area (Å²) in [5.74, 6) is 0.734. The van der Waals surface area contributed by atoms with Gasteiger partial charge in [0.1, 0.15) is 5.75 Å².